The fourth-order valence-corrected chi connectivity index (χ4v) is 0.727. The van der Waals surface area contributed by atoms with Gasteiger partial charge in [-0.2, -0.15) is 0 Å². The van der Waals surface area contributed by atoms with Crippen molar-refractivity contribution in [2.24, 2.45) is 0 Å². The number of carbonyl (C=O) groups excluding carboxylic acids is 1. The van der Waals surface area contributed by atoms with E-state index in [1.54, 1.807) is 12.4 Å². The maximum absolute atomic E-state index is 11.4. The molecular formula is C8H11N3O2. The molecule has 1 heterocycles. The largest absolute Gasteiger partial charge is 0.314 e. The Morgan fingerprint density at radius 2 is 2.00 bits per heavy atom. The van der Waals surface area contributed by atoms with E-state index >= 15 is 0 Å². The van der Waals surface area contributed by atoms with Crippen LogP contribution in [0, 0.1) is 6.92 Å². The van der Waals surface area contributed by atoms with Crippen molar-refractivity contribution in [2.45, 2.75) is 6.92 Å². The Balaban J connectivity index is 2.83. The molecule has 0 bridgehead atoms. The van der Waals surface area contributed by atoms with Gasteiger partial charge < -0.3 is 0 Å². The molecule has 1 aromatic rings. The van der Waals surface area contributed by atoms with Gasteiger partial charge in [0.1, 0.15) is 0 Å². The quantitative estimate of drug-likeness (QED) is 0.620. The second-order valence-electron chi connectivity index (χ2n) is 2.57. The molecule has 5 nitrogen and oxygen atoms in total. The highest BCUT2D eigenvalue weighted by molar-refractivity contribution is 5.89. The first-order chi connectivity index (χ1) is 6.15. The van der Waals surface area contributed by atoms with Crippen LogP contribution in [0.5, 0.6) is 0 Å². The molecular weight excluding hydrogens is 170 g/mol. The molecule has 13 heavy (non-hydrogen) atoms. The smallest absolute Gasteiger partial charge is 0.274 e. The Morgan fingerprint density at radius 1 is 1.46 bits per heavy atom. The molecule has 0 radical (unpaired) electrons. The molecule has 1 rings (SSSR count). The number of rotatable bonds is 2. The summed E-state index contributed by atoms with van der Waals surface area (Å²) in [6, 6.07) is 0. The summed E-state index contributed by atoms with van der Waals surface area (Å²) < 4.78 is 0. The number of amides is 1. The number of aromatic nitrogens is 2. The third kappa shape index (κ3) is 2.22. The lowest BCUT2D eigenvalue weighted by Gasteiger charge is -2.11. The second kappa shape index (κ2) is 3.95. The van der Waals surface area contributed by atoms with Crippen molar-refractivity contribution in [2.75, 3.05) is 14.2 Å². The van der Waals surface area contributed by atoms with E-state index in [9.17, 15) is 4.79 Å². The van der Waals surface area contributed by atoms with E-state index in [0.717, 1.165) is 10.6 Å². The molecule has 0 aromatic carbocycles. The van der Waals surface area contributed by atoms with Crippen LogP contribution in [0.1, 0.15) is 16.2 Å². The van der Waals surface area contributed by atoms with E-state index in [4.69, 9.17) is 4.84 Å². The number of hydroxylamine groups is 2. The van der Waals surface area contributed by atoms with Gasteiger partial charge in [-0.25, -0.2) is 15.0 Å². The van der Waals surface area contributed by atoms with Crippen LogP contribution >= 0.6 is 0 Å². The summed E-state index contributed by atoms with van der Waals surface area (Å²) in [6.07, 6.45) is 3.17. The van der Waals surface area contributed by atoms with Crippen LogP contribution in [0.3, 0.4) is 0 Å². The summed E-state index contributed by atoms with van der Waals surface area (Å²) >= 11 is 0. The molecule has 0 aliphatic heterocycles. The van der Waals surface area contributed by atoms with Gasteiger partial charge in [-0.05, 0) is 12.5 Å². The lowest BCUT2D eigenvalue weighted by molar-refractivity contribution is -0.0764. The third-order valence-electron chi connectivity index (χ3n) is 1.53. The average Bonchev–Trinajstić information content (AvgIpc) is 2.17. The van der Waals surface area contributed by atoms with Crippen LogP contribution < -0.4 is 0 Å². The number of nitrogens with zero attached hydrogens (tertiary/aromatic N) is 3. The zero-order valence-electron chi connectivity index (χ0n) is 7.81. The lowest BCUT2D eigenvalue weighted by Crippen LogP contribution is -2.27. The van der Waals surface area contributed by atoms with Crippen molar-refractivity contribution in [3.8, 4) is 0 Å². The molecule has 70 valence electrons. The minimum absolute atomic E-state index is 0.134. The Morgan fingerprint density at radius 3 is 2.46 bits per heavy atom. The Bertz CT molecular complexity index is 297. The van der Waals surface area contributed by atoms with E-state index < -0.39 is 0 Å². The van der Waals surface area contributed by atoms with Crippen LogP contribution in [-0.2, 0) is 4.84 Å². The first kappa shape index (κ1) is 9.60. The number of aryl methyl sites for hydroxylation is 1. The lowest BCUT2D eigenvalue weighted by atomic mass is 10.4. The molecule has 0 saturated carbocycles. The van der Waals surface area contributed by atoms with Crippen LogP contribution in [0.2, 0.25) is 0 Å². The maximum atomic E-state index is 11.4. The molecule has 0 aliphatic rings. The zero-order valence-corrected chi connectivity index (χ0v) is 7.81. The van der Waals surface area contributed by atoms with Gasteiger partial charge in [-0.1, -0.05) is 0 Å². The van der Waals surface area contributed by atoms with Gasteiger partial charge in [0.15, 0.2) is 0 Å². The SMILES string of the molecule is CON(C)C(=O)c1ncc(C)cn1. The van der Waals surface area contributed by atoms with Crippen LogP contribution in [0.15, 0.2) is 12.4 Å². The van der Waals surface area contributed by atoms with E-state index in [-0.39, 0.29) is 11.7 Å². The van der Waals surface area contributed by atoms with Crippen molar-refractivity contribution in [1.82, 2.24) is 15.0 Å². The van der Waals surface area contributed by atoms with E-state index in [0.29, 0.717) is 0 Å². The molecule has 0 aliphatic carbocycles. The standard InChI is InChI=1S/C8H11N3O2/c1-6-4-9-7(10-5-6)8(12)11(2)13-3/h4-5H,1-3H3. The van der Waals surface area contributed by atoms with Crippen molar-refractivity contribution in [3.05, 3.63) is 23.8 Å². The topological polar surface area (TPSA) is 55.3 Å². The van der Waals surface area contributed by atoms with E-state index in [1.807, 2.05) is 6.92 Å². The number of hydrogen-bond acceptors (Lipinski definition) is 4. The number of hydrogen-bond donors (Lipinski definition) is 0. The summed E-state index contributed by atoms with van der Waals surface area (Å²) in [5, 5.41) is 1.07. The van der Waals surface area contributed by atoms with Crippen molar-refractivity contribution in [1.29, 1.82) is 0 Å². The number of carbonyl (C=O) groups is 1. The summed E-state index contributed by atoms with van der Waals surface area (Å²) in [4.78, 5) is 23.8. The fraction of sp³-hybridized carbons (Fsp3) is 0.375. The summed E-state index contributed by atoms with van der Waals surface area (Å²) in [7, 11) is 2.91. The predicted molar refractivity (Wildman–Crippen MR) is 45.9 cm³/mol. The highest BCUT2D eigenvalue weighted by Crippen LogP contribution is 1.97. The molecule has 1 aromatic heterocycles. The van der Waals surface area contributed by atoms with Crippen molar-refractivity contribution < 1.29 is 9.63 Å². The average molecular weight is 181 g/mol. The predicted octanol–water partition coefficient (Wildman–Crippen LogP) is 0.418. The first-order valence-electron chi connectivity index (χ1n) is 3.76. The first-order valence-corrected chi connectivity index (χ1v) is 3.76. The van der Waals surface area contributed by atoms with Crippen molar-refractivity contribution in [3.63, 3.8) is 0 Å². The van der Waals surface area contributed by atoms with Gasteiger partial charge in [0.2, 0.25) is 5.82 Å². The monoisotopic (exact) mass is 181 g/mol. The van der Waals surface area contributed by atoms with E-state index in [1.165, 1.54) is 14.2 Å². The highest BCUT2D eigenvalue weighted by atomic mass is 16.7. The molecule has 0 atom stereocenters. The van der Waals surface area contributed by atoms with Gasteiger partial charge in [-0.3, -0.25) is 9.63 Å². The molecule has 0 saturated heterocycles. The Kier molecular flexibility index (Phi) is 2.92. The molecule has 0 unspecified atom stereocenters. The minimum atomic E-state index is -0.359. The van der Waals surface area contributed by atoms with Gasteiger partial charge in [0.05, 0.1) is 7.11 Å². The Labute approximate surface area is 76.3 Å². The zero-order chi connectivity index (χ0) is 9.84. The van der Waals surface area contributed by atoms with E-state index in [2.05, 4.69) is 9.97 Å². The summed E-state index contributed by atoms with van der Waals surface area (Å²) in [5.41, 5.74) is 0.914. The molecule has 0 N–H and O–H groups in total. The third-order valence-corrected chi connectivity index (χ3v) is 1.53. The molecule has 5 heteroatoms. The summed E-state index contributed by atoms with van der Waals surface area (Å²) in [5.74, 6) is -0.225. The molecule has 1 amide bonds. The van der Waals surface area contributed by atoms with Gasteiger partial charge in [0, 0.05) is 19.4 Å². The second-order valence-corrected chi connectivity index (χ2v) is 2.57. The van der Waals surface area contributed by atoms with Gasteiger partial charge in [-0.15, -0.1) is 0 Å². The van der Waals surface area contributed by atoms with Gasteiger partial charge in [0.25, 0.3) is 0 Å². The summed E-state index contributed by atoms with van der Waals surface area (Å²) in [6.45, 7) is 1.86. The van der Waals surface area contributed by atoms with Crippen molar-refractivity contribution >= 4 is 5.91 Å². The molecule has 0 spiro atoms. The minimum Gasteiger partial charge on any atom is -0.274 e. The van der Waals surface area contributed by atoms with Crippen LogP contribution in [0.25, 0.3) is 0 Å². The fourth-order valence-electron chi connectivity index (χ4n) is 0.727. The maximum Gasteiger partial charge on any atom is 0.314 e. The Hall–Kier alpha value is -1.49. The van der Waals surface area contributed by atoms with Crippen LogP contribution in [-0.4, -0.2) is 35.1 Å². The van der Waals surface area contributed by atoms with Crippen LogP contribution in [0.4, 0.5) is 0 Å². The normalized spacial score (nSPS) is 9.77. The highest BCUT2D eigenvalue weighted by Gasteiger charge is 2.13. The van der Waals surface area contributed by atoms with Gasteiger partial charge >= 0.3 is 5.91 Å². The molecule has 0 fully saturated rings.